The summed E-state index contributed by atoms with van der Waals surface area (Å²) in [7, 11) is 1.94. The third-order valence-corrected chi connectivity index (χ3v) is 3.84. The molecule has 0 atom stereocenters. The lowest BCUT2D eigenvalue weighted by Crippen LogP contribution is -2.23. The molecule has 0 fully saturated rings. The van der Waals surface area contributed by atoms with Crippen molar-refractivity contribution in [2.24, 2.45) is 0 Å². The number of anilines is 3. The van der Waals surface area contributed by atoms with Gasteiger partial charge in [0.25, 0.3) is 0 Å². The van der Waals surface area contributed by atoms with Gasteiger partial charge in [0.2, 0.25) is 5.95 Å². The molecule has 122 valence electrons. The molecule has 1 aromatic carbocycles. The van der Waals surface area contributed by atoms with Crippen molar-refractivity contribution in [3.05, 3.63) is 65.6 Å². The van der Waals surface area contributed by atoms with Crippen LogP contribution < -0.4 is 10.2 Å². The lowest BCUT2D eigenvalue weighted by molar-refractivity contribution is 0.812. The number of halogens is 1. The van der Waals surface area contributed by atoms with Gasteiger partial charge < -0.3 is 10.2 Å². The number of pyridine rings is 1. The Kier molecular flexibility index (Phi) is 5.18. The van der Waals surface area contributed by atoms with Crippen LogP contribution in [0.4, 0.5) is 17.5 Å². The normalized spacial score (nSPS) is 10.4. The molecule has 2 aromatic heterocycles. The zero-order chi connectivity index (χ0) is 16.8. The lowest BCUT2D eigenvalue weighted by Gasteiger charge is -2.17. The number of nitrogens with one attached hydrogen (secondary N) is 1. The summed E-state index contributed by atoms with van der Waals surface area (Å²) in [6.45, 7) is 0.779. The van der Waals surface area contributed by atoms with Crippen LogP contribution in [0.1, 0.15) is 5.56 Å². The van der Waals surface area contributed by atoms with Crippen LogP contribution in [0.3, 0.4) is 0 Å². The number of rotatable bonds is 6. The van der Waals surface area contributed by atoms with Crippen LogP contribution in [0.15, 0.2) is 55.0 Å². The minimum Gasteiger partial charge on any atom is -0.342 e. The highest BCUT2D eigenvalue weighted by Crippen LogP contribution is 2.23. The molecule has 1 N–H and O–H groups in total. The van der Waals surface area contributed by atoms with Crippen LogP contribution in [0.25, 0.3) is 0 Å². The number of benzene rings is 1. The maximum absolute atomic E-state index is 6.15. The Bertz CT molecular complexity index is 796. The Balaban J connectivity index is 1.67. The predicted molar refractivity (Wildman–Crippen MR) is 95.8 cm³/mol. The summed E-state index contributed by atoms with van der Waals surface area (Å²) in [4.78, 5) is 10.5. The minimum atomic E-state index is 0.557. The molecule has 2 heterocycles. The summed E-state index contributed by atoms with van der Waals surface area (Å²) < 4.78 is 0. The van der Waals surface area contributed by atoms with Gasteiger partial charge in [0.05, 0.1) is 16.9 Å². The lowest BCUT2D eigenvalue weighted by atomic mass is 10.2. The van der Waals surface area contributed by atoms with Crippen LogP contribution in [-0.4, -0.2) is 33.8 Å². The molecule has 0 spiro atoms. The summed E-state index contributed by atoms with van der Waals surface area (Å²) in [6, 6.07) is 11.5. The Morgan fingerprint density at radius 3 is 2.71 bits per heavy atom. The first-order chi connectivity index (χ1) is 11.7. The van der Waals surface area contributed by atoms with E-state index in [9.17, 15) is 0 Å². The molecule has 0 aliphatic rings. The third-order valence-electron chi connectivity index (χ3n) is 3.51. The SMILES string of the molecule is CN(CCc1ccncc1)c1nncc(Nc2ccccc2Cl)n1. The Hall–Kier alpha value is -2.73. The van der Waals surface area contributed by atoms with Crippen molar-refractivity contribution >= 4 is 29.1 Å². The standard InChI is InChI=1S/C17H17ClN6/c1-24(11-8-13-6-9-19-10-7-13)17-22-16(12-20-23-17)21-15-5-3-2-4-14(15)18/h2-7,9-10,12H,8,11H2,1H3,(H,21,22,23). The van der Waals surface area contributed by atoms with Gasteiger partial charge in [-0.2, -0.15) is 10.1 Å². The fraction of sp³-hybridized carbons (Fsp3) is 0.176. The van der Waals surface area contributed by atoms with E-state index in [4.69, 9.17) is 11.6 Å². The molecule has 0 saturated carbocycles. The average Bonchev–Trinajstić information content (AvgIpc) is 2.63. The van der Waals surface area contributed by atoms with Gasteiger partial charge in [-0.15, -0.1) is 5.10 Å². The largest absolute Gasteiger partial charge is 0.342 e. The molecule has 0 bridgehead atoms. The highest BCUT2D eigenvalue weighted by Gasteiger charge is 2.08. The molecule has 0 radical (unpaired) electrons. The number of aromatic nitrogens is 4. The van der Waals surface area contributed by atoms with Gasteiger partial charge in [-0.1, -0.05) is 23.7 Å². The average molecular weight is 341 g/mol. The second-order valence-corrected chi connectivity index (χ2v) is 5.68. The number of hydrogen-bond acceptors (Lipinski definition) is 6. The summed E-state index contributed by atoms with van der Waals surface area (Å²) in [6.07, 6.45) is 6.04. The molecule has 24 heavy (non-hydrogen) atoms. The van der Waals surface area contributed by atoms with Gasteiger partial charge in [0.1, 0.15) is 0 Å². The highest BCUT2D eigenvalue weighted by atomic mass is 35.5. The van der Waals surface area contributed by atoms with E-state index < -0.39 is 0 Å². The number of nitrogens with zero attached hydrogens (tertiary/aromatic N) is 5. The van der Waals surface area contributed by atoms with Gasteiger partial charge in [0.15, 0.2) is 5.82 Å². The van der Waals surface area contributed by atoms with Crippen molar-refractivity contribution in [2.45, 2.75) is 6.42 Å². The highest BCUT2D eigenvalue weighted by molar-refractivity contribution is 6.33. The van der Waals surface area contributed by atoms with Crippen LogP contribution in [-0.2, 0) is 6.42 Å². The van der Waals surface area contributed by atoms with Crippen molar-refractivity contribution in [1.29, 1.82) is 0 Å². The van der Waals surface area contributed by atoms with E-state index in [1.54, 1.807) is 18.6 Å². The number of likely N-dealkylation sites (N-methyl/N-ethyl adjacent to an activating group) is 1. The Morgan fingerprint density at radius 2 is 1.92 bits per heavy atom. The molecule has 3 rings (SSSR count). The van der Waals surface area contributed by atoms with Crippen molar-refractivity contribution < 1.29 is 0 Å². The number of para-hydroxylation sites is 1. The monoisotopic (exact) mass is 340 g/mol. The van der Waals surface area contributed by atoms with E-state index in [0.717, 1.165) is 18.7 Å². The summed E-state index contributed by atoms with van der Waals surface area (Å²) in [5.41, 5.74) is 2.00. The quantitative estimate of drug-likeness (QED) is 0.742. The molecular weight excluding hydrogens is 324 g/mol. The van der Waals surface area contributed by atoms with Gasteiger partial charge in [-0.05, 0) is 36.2 Å². The Labute approximate surface area is 145 Å². The van der Waals surface area contributed by atoms with E-state index in [1.165, 1.54) is 5.56 Å². The molecule has 0 aliphatic carbocycles. The topological polar surface area (TPSA) is 66.8 Å². The molecule has 0 unspecified atom stereocenters. The van der Waals surface area contributed by atoms with E-state index in [-0.39, 0.29) is 0 Å². The smallest absolute Gasteiger partial charge is 0.247 e. The maximum atomic E-state index is 6.15. The summed E-state index contributed by atoms with van der Waals surface area (Å²) in [5.74, 6) is 1.16. The van der Waals surface area contributed by atoms with E-state index >= 15 is 0 Å². The molecule has 0 amide bonds. The van der Waals surface area contributed by atoms with Gasteiger partial charge in [-0.25, -0.2) is 0 Å². The molecule has 0 aliphatic heterocycles. The first-order valence-corrected chi connectivity index (χ1v) is 7.91. The van der Waals surface area contributed by atoms with Crippen LogP contribution in [0.2, 0.25) is 5.02 Å². The zero-order valence-electron chi connectivity index (χ0n) is 13.2. The van der Waals surface area contributed by atoms with Crippen LogP contribution in [0, 0.1) is 0 Å². The fourth-order valence-corrected chi connectivity index (χ4v) is 2.35. The van der Waals surface area contributed by atoms with E-state index in [1.807, 2.05) is 48.3 Å². The van der Waals surface area contributed by atoms with Crippen molar-refractivity contribution in [3.63, 3.8) is 0 Å². The van der Waals surface area contributed by atoms with Gasteiger partial charge in [0, 0.05) is 26.0 Å². The Morgan fingerprint density at radius 1 is 1.12 bits per heavy atom. The number of hydrogen-bond donors (Lipinski definition) is 1. The second kappa shape index (κ2) is 7.70. The zero-order valence-corrected chi connectivity index (χ0v) is 14.0. The van der Waals surface area contributed by atoms with Crippen LogP contribution in [0.5, 0.6) is 0 Å². The van der Waals surface area contributed by atoms with Crippen LogP contribution >= 0.6 is 11.6 Å². The summed E-state index contributed by atoms with van der Waals surface area (Å²) in [5, 5.41) is 11.9. The first-order valence-electron chi connectivity index (χ1n) is 7.54. The molecule has 3 aromatic rings. The van der Waals surface area contributed by atoms with E-state index in [2.05, 4.69) is 25.5 Å². The first kappa shape index (κ1) is 16.1. The van der Waals surface area contributed by atoms with Crippen molar-refractivity contribution in [2.75, 3.05) is 23.8 Å². The second-order valence-electron chi connectivity index (χ2n) is 5.27. The molecule has 6 nitrogen and oxygen atoms in total. The molecule has 0 saturated heterocycles. The fourth-order valence-electron chi connectivity index (χ4n) is 2.16. The van der Waals surface area contributed by atoms with Crippen molar-refractivity contribution in [3.8, 4) is 0 Å². The minimum absolute atomic E-state index is 0.557. The van der Waals surface area contributed by atoms with Gasteiger partial charge >= 0.3 is 0 Å². The van der Waals surface area contributed by atoms with Crippen molar-refractivity contribution in [1.82, 2.24) is 20.2 Å². The third kappa shape index (κ3) is 4.17. The molecular formula is C17H17ClN6. The maximum Gasteiger partial charge on any atom is 0.247 e. The van der Waals surface area contributed by atoms with E-state index in [0.29, 0.717) is 16.8 Å². The predicted octanol–water partition coefficient (Wildman–Crippen LogP) is 3.34. The summed E-state index contributed by atoms with van der Waals surface area (Å²) >= 11 is 6.15. The molecule has 7 heteroatoms. The van der Waals surface area contributed by atoms with Gasteiger partial charge in [-0.3, -0.25) is 4.98 Å².